The Labute approximate surface area is 155 Å². The molecular weight excluding hydrogens is 330 g/mol. The summed E-state index contributed by atoms with van der Waals surface area (Å²) in [5, 5.41) is 3.09. The average Bonchev–Trinajstić information content (AvgIpc) is 3.47. The van der Waals surface area contributed by atoms with Gasteiger partial charge < -0.3 is 20.7 Å². The Morgan fingerprint density at radius 2 is 2.12 bits per heavy atom. The van der Waals surface area contributed by atoms with Gasteiger partial charge in [0.1, 0.15) is 5.75 Å². The minimum Gasteiger partial charge on any atom is -0.493 e. The molecule has 2 fully saturated rings. The maximum Gasteiger partial charge on any atom is 0.255 e. The number of likely N-dealkylation sites (tertiary alicyclic amines) is 1. The van der Waals surface area contributed by atoms with E-state index in [1.807, 2.05) is 24.0 Å². The van der Waals surface area contributed by atoms with E-state index in [0.717, 1.165) is 44.2 Å². The Bertz CT molecular complexity index is 658. The highest BCUT2D eigenvalue weighted by Gasteiger charge is 2.35. The van der Waals surface area contributed by atoms with Crippen molar-refractivity contribution in [2.24, 2.45) is 11.7 Å². The predicted molar refractivity (Wildman–Crippen MR) is 100 cm³/mol. The van der Waals surface area contributed by atoms with Crippen molar-refractivity contribution in [2.45, 2.75) is 45.1 Å². The van der Waals surface area contributed by atoms with E-state index in [0.29, 0.717) is 31.0 Å². The first-order valence-electron chi connectivity index (χ1n) is 9.61. The second-order valence-electron chi connectivity index (χ2n) is 7.36. The molecule has 3 rings (SSSR count). The van der Waals surface area contributed by atoms with Crippen molar-refractivity contribution in [3.63, 3.8) is 0 Å². The van der Waals surface area contributed by atoms with Crippen LogP contribution in [0.1, 0.15) is 48.0 Å². The lowest BCUT2D eigenvalue weighted by molar-refractivity contribution is -0.133. The molecule has 26 heavy (non-hydrogen) atoms. The van der Waals surface area contributed by atoms with Crippen molar-refractivity contribution < 1.29 is 14.3 Å². The normalized spacial score (nSPS) is 19.9. The van der Waals surface area contributed by atoms with Gasteiger partial charge in [0.05, 0.1) is 12.2 Å². The maximum absolute atomic E-state index is 12.8. The number of nitrogens with zero attached hydrogens (tertiary/aromatic N) is 1. The lowest BCUT2D eigenvalue weighted by Gasteiger charge is -2.33. The minimum absolute atomic E-state index is 0.00264. The molecule has 6 heteroatoms. The van der Waals surface area contributed by atoms with Crippen molar-refractivity contribution in [1.29, 1.82) is 0 Å². The number of aryl methyl sites for hydroxylation is 1. The Hall–Kier alpha value is -2.08. The Kier molecular flexibility index (Phi) is 6.14. The molecule has 1 heterocycles. The average molecular weight is 359 g/mol. The number of nitrogens with two attached hydrogens (primary N) is 1. The molecule has 0 unspecified atom stereocenters. The van der Waals surface area contributed by atoms with Crippen molar-refractivity contribution in [1.82, 2.24) is 10.2 Å². The molecular formula is C20H29N3O3. The summed E-state index contributed by atoms with van der Waals surface area (Å²) in [6, 6.07) is 5.60. The summed E-state index contributed by atoms with van der Waals surface area (Å²) < 4.78 is 5.76. The molecule has 0 aromatic heterocycles. The molecule has 2 amide bonds. The fourth-order valence-electron chi connectivity index (χ4n) is 3.35. The lowest BCUT2D eigenvalue weighted by atomic mass is 10.0. The Morgan fingerprint density at radius 3 is 2.85 bits per heavy atom. The molecule has 0 spiro atoms. The molecule has 0 bridgehead atoms. The first-order valence-corrected chi connectivity index (χ1v) is 9.61. The van der Waals surface area contributed by atoms with Crippen LogP contribution in [0.5, 0.6) is 5.75 Å². The van der Waals surface area contributed by atoms with Crippen LogP contribution in [0.3, 0.4) is 0 Å². The first-order chi connectivity index (χ1) is 12.6. The van der Waals surface area contributed by atoms with Crippen LogP contribution >= 0.6 is 0 Å². The van der Waals surface area contributed by atoms with E-state index in [4.69, 9.17) is 10.5 Å². The van der Waals surface area contributed by atoms with Crippen LogP contribution in [0.2, 0.25) is 0 Å². The molecule has 3 N–H and O–H groups in total. The number of carbonyl (C=O) groups excluding carboxylic acids is 2. The topological polar surface area (TPSA) is 84.7 Å². The number of hydrogen-bond donors (Lipinski definition) is 2. The molecule has 1 aliphatic carbocycles. The highest BCUT2D eigenvalue weighted by Crippen LogP contribution is 2.32. The van der Waals surface area contributed by atoms with E-state index in [1.54, 1.807) is 6.07 Å². The third kappa shape index (κ3) is 4.75. The van der Waals surface area contributed by atoms with E-state index >= 15 is 0 Å². The van der Waals surface area contributed by atoms with Crippen LogP contribution < -0.4 is 15.8 Å². The third-order valence-corrected chi connectivity index (χ3v) is 4.98. The Balaban J connectivity index is 1.62. The molecule has 1 saturated carbocycles. The minimum atomic E-state index is -0.140. The molecule has 1 aromatic rings. The number of rotatable bonds is 7. The monoisotopic (exact) mass is 359 g/mol. The van der Waals surface area contributed by atoms with Crippen LogP contribution in [-0.4, -0.2) is 49.0 Å². The van der Waals surface area contributed by atoms with Gasteiger partial charge in [0.25, 0.3) is 5.91 Å². The predicted octanol–water partition coefficient (Wildman–Crippen LogP) is 1.85. The number of nitrogens with one attached hydrogen (secondary N) is 1. The van der Waals surface area contributed by atoms with Crippen molar-refractivity contribution in [3.05, 3.63) is 29.3 Å². The second kappa shape index (κ2) is 8.54. The van der Waals surface area contributed by atoms with Gasteiger partial charge in [0.15, 0.2) is 0 Å². The second-order valence-corrected chi connectivity index (χ2v) is 7.36. The summed E-state index contributed by atoms with van der Waals surface area (Å²) in [7, 11) is 0. The van der Waals surface area contributed by atoms with Crippen molar-refractivity contribution in [3.8, 4) is 5.75 Å². The summed E-state index contributed by atoms with van der Waals surface area (Å²) >= 11 is 0. The number of amides is 2. The lowest BCUT2D eigenvalue weighted by Crippen LogP contribution is -2.50. The fraction of sp³-hybridized carbons (Fsp3) is 0.600. The quantitative estimate of drug-likeness (QED) is 0.728. The largest absolute Gasteiger partial charge is 0.493 e. The van der Waals surface area contributed by atoms with Gasteiger partial charge in [-0.05, 0) is 63.3 Å². The zero-order valence-electron chi connectivity index (χ0n) is 15.5. The molecule has 6 nitrogen and oxygen atoms in total. The zero-order chi connectivity index (χ0) is 18.5. The standard InChI is InChI=1S/C20H29N3O3/c1-14-5-8-17(18(12-14)26-11-3-9-21)19(24)22-16-4-2-10-23(13-16)20(25)15-6-7-15/h5,8,12,15-16H,2-4,6-7,9-11,13,21H2,1H3,(H,22,24)/t16-/m0/s1. The van der Waals surface area contributed by atoms with Gasteiger partial charge in [-0.25, -0.2) is 0 Å². The first kappa shape index (κ1) is 18.7. The van der Waals surface area contributed by atoms with Gasteiger partial charge in [0.2, 0.25) is 5.91 Å². The molecule has 2 aliphatic rings. The smallest absolute Gasteiger partial charge is 0.255 e. The summed E-state index contributed by atoms with van der Waals surface area (Å²) in [6.45, 7) is 4.43. The van der Waals surface area contributed by atoms with Crippen LogP contribution in [0.25, 0.3) is 0 Å². The molecule has 0 radical (unpaired) electrons. The molecule has 1 atom stereocenters. The van der Waals surface area contributed by atoms with Gasteiger partial charge in [-0.2, -0.15) is 0 Å². The van der Waals surface area contributed by atoms with Crippen LogP contribution in [-0.2, 0) is 4.79 Å². The summed E-state index contributed by atoms with van der Waals surface area (Å²) in [5.74, 6) is 0.935. The summed E-state index contributed by atoms with van der Waals surface area (Å²) in [5.41, 5.74) is 7.10. The fourth-order valence-corrected chi connectivity index (χ4v) is 3.35. The Morgan fingerprint density at radius 1 is 1.31 bits per heavy atom. The van der Waals surface area contributed by atoms with Crippen LogP contribution in [0, 0.1) is 12.8 Å². The number of carbonyl (C=O) groups is 2. The summed E-state index contributed by atoms with van der Waals surface area (Å²) in [4.78, 5) is 27.0. The van der Waals surface area contributed by atoms with E-state index < -0.39 is 0 Å². The van der Waals surface area contributed by atoms with E-state index in [-0.39, 0.29) is 23.8 Å². The summed E-state index contributed by atoms with van der Waals surface area (Å²) in [6.07, 6.45) is 4.60. The van der Waals surface area contributed by atoms with Gasteiger partial charge in [0, 0.05) is 25.0 Å². The van der Waals surface area contributed by atoms with E-state index in [1.165, 1.54) is 0 Å². The highest BCUT2D eigenvalue weighted by molar-refractivity contribution is 5.97. The maximum atomic E-state index is 12.8. The molecule has 1 aromatic carbocycles. The number of benzene rings is 1. The highest BCUT2D eigenvalue weighted by atomic mass is 16.5. The number of piperidine rings is 1. The van der Waals surface area contributed by atoms with Crippen molar-refractivity contribution in [2.75, 3.05) is 26.2 Å². The molecule has 1 aliphatic heterocycles. The van der Waals surface area contributed by atoms with Gasteiger partial charge in [-0.3, -0.25) is 9.59 Å². The SMILES string of the molecule is Cc1ccc(C(=O)N[C@H]2CCCN(C(=O)C3CC3)C2)c(OCCCN)c1. The molecule has 1 saturated heterocycles. The zero-order valence-corrected chi connectivity index (χ0v) is 15.5. The molecule has 142 valence electrons. The van der Waals surface area contributed by atoms with E-state index in [2.05, 4.69) is 5.32 Å². The van der Waals surface area contributed by atoms with E-state index in [9.17, 15) is 9.59 Å². The van der Waals surface area contributed by atoms with Crippen LogP contribution in [0.15, 0.2) is 18.2 Å². The number of ether oxygens (including phenoxy) is 1. The van der Waals surface area contributed by atoms with Crippen LogP contribution in [0.4, 0.5) is 0 Å². The van der Waals surface area contributed by atoms with Gasteiger partial charge >= 0.3 is 0 Å². The van der Waals surface area contributed by atoms with Gasteiger partial charge in [-0.15, -0.1) is 0 Å². The van der Waals surface area contributed by atoms with Crippen molar-refractivity contribution >= 4 is 11.8 Å². The third-order valence-electron chi connectivity index (χ3n) is 4.98. The number of hydrogen-bond acceptors (Lipinski definition) is 4. The van der Waals surface area contributed by atoms with Gasteiger partial charge in [-0.1, -0.05) is 6.07 Å².